The van der Waals surface area contributed by atoms with Crippen LogP contribution in [-0.4, -0.2) is 16.4 Å². The number of benzene rings is 1. The van der Waals surface area contributed by atoms with Gasteiger partial charge in [0.15, 0.2) is 5.75 Å². The van der Waals surface area contributed by atoms with Crippen LogP contribution < -0.4 is 4.74 Å². The fraction of sp³-hybridized carbons (Fsp3) is 0.182. The topological polar surface area (TPSA) is 27.1 Å². The molecule has 0 N–H and O–H groups in total. The lowest BCUT2D eigenvalue weighted by molar-refractivity contribution is 0.340. The van der Waals surface area contributed by atoms with Crippen molar-refractivity contribution in [1.29, 1.82) is 0 Å². The van der Waals surface area contributed by atoms with E-state index in [1.165, 1.54) is 0 Å². The summed E-state index contributed by atoms with van der Waals surface area (Å²) in [7, 11) is 0. The number of para-hydroxylation sites is 1. The molecule has 0 saturated carbocycles. The summed E-state index contributed by atoms with van der Waals surface area (Å²) in [5.74, 6) is 0.802. The minimum absolute atomic E-state index is 0.667. The molecule has 0 bridgehead atoms. The SMILES string of the molecule is CCOc1cnn(-c2ccccc2)c1. The number of aromatic nitrogens is 2. The quantitative estimate of drug-likeness (QED) is 0.738. The molecule has 2 rings (SSSR count). The zero-order chi connectivity index (χ0) is 9.80. The summed E-state index contributed by atoms with van der Waals surface area (Å²) in [4.78, 5) is 0. The minimum atomic E-state index is 0.667. The van der Waals surface area contributed by atoms with Crippen molar-refractivity contribution in [3.8, 4) is 11.4 Å². The maximum Gasteiger partial charge on any atom is 0.157 e. The van der Waals surface area contributed by atoms with Gasteiger partial charge in [-0.15, -0.1) is 0 Å². The number of nitrogens with zero attached hydrogens (tertiary/aromatic N) is 2. The van der Waals surface area contributed by atoms with Crippen LogP contribution in [0.15, 0.2) is 42.7 Å². The van der Waals surface area contributed by atoms with Gasteiger partial charge in [0.2, 0.25) is 0 Å². The Morgan fingerprint density at radius 2 is 2.07 bits per heavy atom. The molecule has 3 nitrogen and oxygen atoms in total. The average Bonchev–Trinajstić information content (AvgIpc) is 2.68. The molecular weight excluding hydrogens is 176 g/mol. The van der Waals surface area contributed by atoms with Crippen molar-refractivity contribution in [2.75, 3.05) is 6.61 Å². The first-order valence-electron chi connectivity index (χ1n) is 4.63. The first-order chi connectivity index (χ1) is 6.90. The van der Waals surface area contributed by atoms with Crippen LogP contribution in [0.4, 0.5) is 0 Å². The third kappa shape index (κ3) is 1.76. The normalized spacial score (nSPS) is 10.1. The van der Waals surface area contributed by atoms with Crippen molar-refractivity contribution in [1.82, 2.24) is 9.78 Å². The van der Waals surface area contributed by atoms with Crippen LogP contribution in [0.25, 0.3) is 5.69 Å². The fourth-order valence-electron chi connectivity index (χ4n) is 1.27. The Kier molecular flexibility index (Phi) is 2.49. The van der Waals surface area contributed by atoms with E-state index < -0.39 is 0 Å². The molecule has 72 valence electrons. The highest BCUT2D eigenvalue weighted by atomic mass is 16.5. The van der Waals surface area contributed by atoms with Crippen molar-refractivity contribution in [2.24, 2.45) is 0 Å². The highest BCUT2D eigenvalue weighted by Crippen LogP contribution is 2.12. The van der Waals surface area contributed by atoms with E-state index in [0.29, 0.717) is 6.61 Å². The first-order valence-corrected chi connectivity index (χ1v) is 4.63. The van der Waals surface area contributed by atoms with Crippen LogP contribution in [-0.2, 0) is 0 Å². The van der Waals surface area contributed by atoms with E-state index in [2.05, 4.69) is 5.10 Å². The smallest absolute Gasteiger partial charge is 0.157 e. The van der Waals surface area contributed by atoms with Gasteiger partial charge in [0, 0.05) is 0 Å². The van der Waals surface area contributed by atoms with Gasteiger partial charge >= 0.3 is 0 Å². The van der Waals surface area contributed by atoms with Crippen molar-refractivity contribution in [3.63, 3.8) is 0 Å². The molecule has 1 aromatic carbocycles. The summed E-state index contributed by atoms with van der Waals surface area (Å²) in [6.07, 6.45) is 3.59. The van der Waals surface area contributed by atoms with E-state index >= 15 is 0 Å². The van der Waals surface area contributed by atoms with Crippen LogP contribution in [0, 0.1) is 0 Å². The summed E-state index contributed by atoms with van der Waals surface area (Å²) < 4.78 is 7.12. The summed E-state index contributed by atoms with van der Waals surface area (Å²) in [6.45, 7) is 2.63. The second-order valence-corrected chi connectivity index (χ2v) is 2.89. The molecule has 0 aliphatic carbocycles. The van der Waals surface area contributed by atoms with Crippen molar-refractivity contribution < 1.29 is 4.74 Å². The average molecular weight is 188 g/mol. The van der Waals surface area contributed by atoms with E-state index in [4.69, 9.17) is 4.74 Å². The van der Waals surface area contributed by atoms with Gasteiger partial charge in [0.05, 0.1) is 24.7 Å². The molecule has 0 fully saturated rings. The van der Waals surface area contributed by atoms with Gasteiger partial charge in [-0.05, 0) is 19.1 Å². The van der Waals surface area contributed by atoms with Gasteiger partial charge in [-0.3, -0.25) is 0 Å². The van der Waals surface area contributed by atoms with Gasteiger partial charge in [-0.2, -0.15) is 5.10 Å². The molecule has 0 atom stereocenters. The maximum atomic E-state index is 5.32. The molecular formula is C11H12N2O. The molecule has 3 heteroatoms. The number of rotatable bonds is 3. The Morgan fingerprint density at radius 3 is 2.79 bits per heavy atom. The Hall–Kier alpha value is -1.77. The Balaban J connectivity index is 2.25. The molecule has 0 aliphatic rings. The zero-order valence-electron chi connectivity index (χ0n) is 8.05. The lowest BCUT2D eigenvalue weighted by atomic mass is 10.3. The van der Waals surface area contributed by atoms with Crippen molar-refractivity contribution >= 4 is 0 Å². The first kappa shape index (κ1) is 8.81. The molecule has 1 heterocycles. The lowest BCUT2D eigenvalue weighted by Gasteiger charge is -1.99. The second-order valence-electron chi connectivity index (χ2n) is 2.89. The fourth-order valence-corrected chi connectivity index (χ4v) is 1.27. The molecule has 0 amide bonds. The standard InChI is InChI=1S/C11H12N2O/c1-2-14-11-8-12-13(9-11)10-6-4-3-5-7-10/h3-9H,2H2,1H3. The number of hydrogen-bond donors (Lipinski definition) is 0. The second kappa shape index (κ2) is 3.96. The van der Waals surface area contributed by atoms with Crippen LogP contribution in [0.5, 0.6) is 5.75 Å². The van der Waals surface area contributed by atoms with Gasteiger partial charge in [-0.25, -0.2) is 4.68 Å². The van der Waals surface area contributed by atoms with Crippen molar-refractivity contribution in [3.05, 3.63) is 42.7 Å². The Bertz CT molecular complexity index is 395. The van der Waals surface area contributed by atoms with Gasteiger partial charge in [0.25, 0.3) is 0 Å². The Morgan fingerprint density at radius 1 is 1.29 bits per heavy atom. The molecule has 0 spiro atoms. The van der Waals surface area contributed by atoms with E-state index in [-0.39, 0.29) is 0 Å². The molecule has 1 aromatic heterocycles. The van der Waals surface area contributed by atoms with Gasteiger partial charge in [-0.1, -0.05) is 18.2 Å². The molecule has 0 radical (unpaired) electrons. The number of hydrogen-bond acceptors (Lipinski definition) is 2. The van der Waals surface area contributed by atoms with Crippen LogP contribution in [0.1, 0.15) is 6.92 Å². The molecule has 0 aliphatic heterocycles. The van der Waals surface area contributed by atoms with Crippen molar-refractivity contribution in [2.45, 2.75) is 6.92 Å². The van der Waals surface area contributed by atoms with Crippen LogP contribution in [0.3, 0.4) is 0 Å². The van der Waals surface area contributed by atoms with E-state index in [9.17, 15) is 0 Å². The maximum absolute atomic E-state index is 5.32. The third-order valence-electron chi connectivity index (χ3n) is 1.89. The van der Waals surface area contributed by atoms with E-state index in [0.717, 1.165) is 11.4 Å². The Labute approximate surface area is 82.9 Å². The third-order valence-corrected chi connectivity index (χ3v) is 1.89. The predicted octanol–water partition coefficient (Wildman–Crippen LogP) is 2.27. The summed E-state index contributed by atoms with van der Waals surface area (Å²) >= 11 is 0. The van der Waals surface area contributed by atoms with Gasteiger partial charge in [0.1, 0.15) is 0 Å². The molecule has 0 saturated heterocycles. The number of ether oxygens (including phenoxy) is 1. The molecule has 0 unspecified atom stereocenters. The monoisotopic (exact) mass is 188 g/mol. The van der Waals surface area contributed by atoms with E-state index in [1.54, 1.807) is 10.9 Å². The lowest BCUT2D eigenvalue weighted by Crippen LogP contribution is -1.93. The minimum Gasteiger partial charge on any atom is -0.491 e. The summed E-state index contributed by atoms with van der Waals surface area (Å²) in [5, 5.41) is 4.20. The predicted molar refractivity (Wildman–Crippen MR) is 54.7 cm³/mol. The summed E-state index contributed by atoms with van der Waals surface area (Å²) in [5.41, 5.74) is 1.04. The van der Waals surface area contributed by atoms with Crippen LogP contribution >= 0.6 is 0 Å². The van der Waals surface area contributed by atoms with E-state index in [1.807, 2.05) is 43.5 Å². The zero-order valence-corrected chi connectivity index (χ0v) is 8.05. The van der Waals surface area contributed by atoms with Crippen LogP contribution in [0.2, 0.25) is 0 Å². The van der Waals surface area contributed by atoms with Gasteiger partial charge < -0.3 is 4.74 Å². The molecule has 14 heavy (non-hydrogen) atoms. The molecule has 2 aromatic rings. The highest BCUT2D eigenvalue weighted by molar-refractivity contribution is 5.31. The highest BCUT2D eigenvalue weighted by Gasteiger charge is 1.99. The summed E-state index contributed by atoms with van der Waals surface area (Å²) in [6, 6.07) is 9.95. The largest absolute Gasteiger partial charge is 0.491 e.